The second-order valence-electron chi connectivity index (χ2n) is 4.02. The highest BCUT2D eigenvalue weighted by Gasteiger charge is 2.19. The van der Waals surface area contributed by atoms with E-state index in [4.69, 9.17) is 0 Å². The lowest BCUT2D eigenvalue weighted by Crippen LogP contribution is -2.29. The first kappa shape index (κ1) is 14.7. The smallest absolute Gasteiger partial charge is 0.307 e. The molecule has 100 valence electrons. The van der Waals surface area contributed by atoms with Gasteiger partial charge in [-0.05, 0) is 17.9 Å². The summed E-state index contributed by atoms with van der Waals surface area (Å²) in [7, 11) is 1.35. The Bertz CT molecular complexity index is 376. The summed E-state index contributed by atoms with van der Waals surface area (Å²) in [4.78, 5) is 24.0. The minimum Gasteiger partial charge on any atom is -0.469 e. The second-order valence-corrected chi connectivity index (χ2v) is 5.00. The summed E-state index contributed by atoms with van der Waals surface area (Å²) in [6.45, 7) is 2.04. The Morgan fingerprint density at radius 1 is 1.50 bits per heavy atom. The number of nitrogens with one attached hydrogen (secondary N) is 1. The molecule has 1 aromatic rings. The van der Waals surface area contributed by atoms with Crippen molar-refractivity contribution in [2.24, 2.45) is 0 Å². The van der Waals surface area contributed by atoms with E-state index in [1.807, 2.05) is 24.4 Å². The molecule has 0 saturated heterocycles. The Hall–Kier alpha value is -1.36. The maximum Gasteiger partial charge on any atom is 0.307 e. The first-order chi connectivity index (χ1) is 8.67. The van der Waals surface area contributed by atoms with Crippen LogP contribution in [-0.4, -0.2) is 19.0 Å². The van der Waals surface area contributed by atoms with Gasteiger partial charge in [-0.15, -0.1) is 11.3 Å². The third-order valence-corrected chi connectivity index (χ3v) is 3.56. The van der Waals surface area contributed by atoms with E-state index < -0.39 is 0 Å². The molecule has 1 aromatic heterocycles. The largest absolute Gasteiger partial charge is 0.469 e. The zero-order valence-electron chi connectivity index (χ0n) is 10.8. The van der Waals surface area contributed by atoms with Crippen LogP contribution in [0.2, 0.25) is 0 Å². The molecule has 0 radical (unpaired) electrons. The predicted molar refractivity (Wildman–Crippen MR) is 71.4 cm³/mol. The maximum atomic E-state index is 11.7. The zero-order chi connectivity index (χ0) is 13.4. The van der Waals surface area contributed by atoms with E-state index in [9.17, 15) is 9.59 Å². The van der Waals surface area contributed by atoms with Crippen molar-refractivity contribution in [3.8, 4) is 0 Å². The molecule has 0 aliphatic carbocycles. The highest BCUT2D eigenvalue weighted by Crippen LogP contribution is 2.22. The maximum absolute atomic E-state index is 11.7. The SMILES string of the molecule is CCCCC(=O)NC(CC(=O)OC)c1cccs1. The van der Waals surface area contributed by atoms with Gasteiger partial charge in [0.1, 0.15) is 0 Å². The number of amides is 1. The average Bonchev–Trinajstić information content (AvgIpc) is 2.89. The number of thiophene rings is 1. The predicted octanol–water partition coefficient (Wildman–Crippen LogP) is 2.66. The number of rotatable bonds is 7. The highest BCUT2D eigenvalue weighted by molar-refractivity contribution is 7.10. The normalized spacial score (nSPS) is 11.9. The third-order valence-electron chi connectivity index (χ3n) is 2.58. The second kappa shape index (κ2) is 7.87. The van der Waals surface area contributed by atoms with Gasteiger partial charge < -0.3 is 10.1 Å². The molecule has 1 atom stereocenters. The van der Waals surface area contributed by atoms with Crippen molar-refractivity contribution in [3.05, 3.63) is 22.4 Å². The molecule has 1 amide bonds. The lowest BCUT2D eigenvalue weighted by atomic mass is 10.1. The van der Waals surface area contributed by atoms with Crippen LogP contribution in [0.25, 0.3) is 0 Å². The Balaban J connectivity index is 2.60. The molecule has 18 heavy (non-hydrogen) atoms. The first-order valence-electron chi connectivity index (χ1n) is 6.07. The van der Waals surface area contributed by atoms with Gasteiger partial charge in [0.05, 0.1) is 19.6 Å². The van der Waals surface area contributed by atoms with E-state index in [0.717, 1.165) is 17.7 Å². The highest BCUT2D eigenvalue weighted by atomic mass is 32.1. The summed E-state index contributed by atoms with van der Waals surface area (Å²) in [5.74, 6) is -0.330. The first-order valence-corrected chi connectivity index (χ1v) is 6.95. The Morgan fingerprint density at radius 2 is 2.28 bits per heavy atom. The number of hydrogen-bond donors (Lipinski definition) is 1. The van der Waals surface area contributed by atoms with E-state index in [0.29, 0.717) is 6.42 Å². The van der Waals surface area contributed by atoms with Crippen molar-refractivity contribution in [1.82, 2.24) is 5.32 Å². The Morgan fingerprint density at radius 3 is 2.83 bits per heavy atom. The molecule has 1 rings (SSSR count). The van der Waals surface area contributed by atoms with Crippen LogP contribution in [0.4, 0.5) is 0 Å². The van der Waals surface area contributed by atoms with Crippen LogP contribution < -0.4 is 5.32 Å². The van der Waals surface area contributed by atoms with Crippen molar-refractivity contribution >= 4 is 23.2 Å². The minimum atomic E-state index is -0.316. The van der Waals surface area contributed by atoms with Crippen molar-refractivity contribution in [2.45, 2.75) is 38.6 Å². The van der Waals surface area contributed by atoms with E-state index in [2.05, 4.69) is 10.1 Å². The lowest BCUT2D eigenvalue weighted by molar-refractivity contribution is -0.141. The van der Waals surface area contributed by atoms with Crippen LogP contribution in [0.15, 0.2) is 17.5 Å². The summed E-state index contributed by atoms with van der Waals surface area (Å²) < 4.78 is 4.66. The van der Waals surface area contributed by atoms with Crippen molar-refractivity contribution in [1.29, 1.82) is 0 Å². The third kappa shape index (κ3) is 4.87. The number of esters is 1. The van der Waals surface area contributed by atoms with E-state index in [1.54, 1.807) is 0 Å². The molecule has 0 saturated carbocycles. The van der Waals surface area contributed by atoms with Crippen LogP contribution in [0, 0.1) is 0 Å². The minimum absolute atomic E-state index is 0.0147. The molecule has 0 spiro atoms. The van der Waals surface area contributed by atoms with E-state index in [-0.39, 0.29) is 24.3 Å². The molecular weight excluding hydrogens is 250 g/mol. The number of ether oxygens (including phenoxy) is 1. The molecular formula is C13H19NO3S. The summed E-state index contributed by atoms with van der Waals surface area (Å²) >= 11 is 1.53. The van der Waals surface area contributed by atoms with Gasteiger partial charge in [-0.2, -0.15) is 0 Å². The van der Waals surface area contributed by atoms with Crippen molar-refractivity contribution < 1.29 is 14.3 Å². The number of hydrogen-bond acceptors (Lipinski definition) is 4. The molecule has 0 aliphatic heterocycles. The van der Waals surface area contributed by atoms with Crippen LogP contribution in [-0.2, 0) is 14.3 Å². The topological polar surface area (TPSA) is 55.4 Å². The number of carbonyl (C=O) groups excluding carboxylic acids is 2. The molecule has 0 bridgehead atoms. The molecule has 1 unspecified atom stereocenters. The van der Waals surface area contributed by atoms with Gasteiger partial charge in [-0.1, -0.05) is 19.4 Å². The fourth-order valence-corrected chi connectivity index (χ4v) is 2.34. The fraction of sp³-hybridized carbons (Fsp3) is 0.538. The van der Waals surface area contributed by atoms with Crippen LogP contribution in [0.1, 0.15) is 43.5 Å². The zero-order valence-corrected chi connectivity index (χ0v) is 11.6. The van der Waals surface area contributed by atoms with Crippen LogP contribution in [0.3, 0.4) is 0 Å². The Kier molecular flexibility index (Phi) is 6.43. The Labute approximate surface area is 111 Å². The summed E-state index contributed by atoms with van der Waals surface area (Å²) in [5, 5.41) is 4.82. The van der Waals surface area contributed by atoms with Crippen molar-refractivity contribution in [3.63, 3.8) is 0 Å². The van der Waals surface area contributed by atoms with Gasteiger partial charge in [0, 0.05) is 11.3 Å². The monoisotopic (exact) mass is 269 g/mol. The van der Waals surface area contributed by atoms with Gasteiger partial charge in [0.15, 0.2) is 0 Å². The summed E-state index contributed by atoms with van der Waals surface area (Å²) in [6.07, 6.45) is 2.52. The number of unbranched alkanes of at least 4 members (excludes halogenated alkanes) is 1. The number of carbonyl (C=O) groups is 2. The standard InChI is InChI=1S/C13H19NO3S/c1-3-4-7-12(15)14-10(9-13(16)17-2)11-6-5-8-18-11/h5-6,8,10H,3-4,7,9H2,1-2H3,(H,14,15). The van der Waals surface area contributed by atoms with Crippen LogP contribution >= 0.6 is 11.3 Å². The molecule has 0 aliphatic rings. The summed E-state index contributed by atoms with van der Waals surface area (Å²) in [5.41, 5.74) is 0. The molecule has 4 nitrogen and oxygen atoms in total. The quantitative estimate of drug-likeness (QED) is 0.774. The van der Waals surface area contributed by atoms with E-state index in [1.165, 1.54) is 18.4 Å². The molecule has 1 N–H and O–H groups in total. The average molecular weight is 269 g/mol. The van der Waals surface area contributed by atoms with Gasteiger partial charge in [0.2, 0.25) is 5.91 Å². The number of methoxy groups -OCH3 is 1. The van der Waals surface area contributed by atoms with Gasteiger partial charge in [-0.3, -0.25) is 9.59 Å². The molecule has 0 aromatic carbocycles. The van der Waals surface area contributed by atoms with E-state index >= 15 is 0 Å². The van der Waals surface area contributed by atoms with Gasteiger partial charge >= 0.3 is 5.97 Å². The summed E-state index contributed by atoms with van der Waals surface area (Å²) in [6, 6.07) is 3.54. The van der Waals surface area contributed by atoms with Crippen LogP contribution in [0.5, 0.6) is 0 Å². The van der Waals surface area contributed by atoms with Crippen molar-refractivity contribution in [2.75, 3.05) is 7.11 Å². The molecule has 1 heterocycles. The molecule has 0 fully saturated rings. The van der Waals surface area contributed by atoms with Gasteiger partial charge in [-0.25, -0.2) is 0 Å². The molecule has 5 heteroatoms. The fourth-order valence-electron chi connectivity index (χ4n) is 1.57. The van der Waals surface area contributed by atoms with Gasteiger partial charge in [0.25, 0.3) is 0 Å². The lowest BCUT2D eigenvalue weighted by Gasteiger charge is -2.16.